The first-order chi connectivity index (χ1) is 9.58. The number of halogens is 2. The second kappa shape index (κ2) is 6.19. The Labute approximate surface area is 124 Å². The number of esters is 1. The summed E-state index contributed by atoms with van der Waals surface area (Å²) in [4.78, 5) is 11.4. The first-order valence-electron chi connectivity index (χ1n) is 5.87. The number of carbonyl (C=O) groups excluding carboxylic acids is 1. The van der Waals surface area contributed by atoms with Crippen LogP contribution in [0.2, 0.25) is 0 Å². The van der Waals surface area contributed by atoms with Crippen LogP contribution in [0.1, 0.15) is 27.9 Å². The number of carbonyl (C=O) groups is 1. The molecule has 20 heavy (non-hydrogen) atoms. The maximum absolute atomic E-state index is 13.6. The third-order valence-corrected chi connectivity index (χ3v) is 3.72. The number of furan rings is 1. The lowest BCUT2D eigenvalue weighted by molar-refractivity contribution is 0.0562. The average molecular weight is 342 g/mol. The van der Waals surface area contributed by atoms with E-state index in [0.29, 0.717) is 15.8 Å². The Morgan fingerprint density at radius 1 is 1.40 bits per heavy atom. The molecular formula is C14H13BrFNO3. The Hall–Kier alpha value is -1.66. The molecular weight excluding hydrogens is 329 g/mol. The third kappa shape index (κ3) is 2.76. The van der Waals surface area contributed by atoms with Crippen LogP contribution >= 0.6 is 15.9 Å². The van der Waals surface area contributed by atoms with Crippen molar-refractivity contribution in [3.8, 4) is 0 Å². The van der Waals surface area contributed by atoms with E-state index < -0.39 is 5.97 Å². The Morgan fingerprint density at radius 2 is 2.15 bits per heavy atom. The lowest BCUT2D eigenvalue weighted by atomic mass is 10.0. The molecule has 0 aliphatic heterocycles. The maximum Gasteiger partial charge on any atom is 0.373 e. The van der Waals surface area contributed by atoms with Gasteiger partial charge < -0.3 is 14.5 Å². The van der Waals surface area contributed by atoms with E-state index >= 15 is 0 Å². The zero-order valence-corrected chi connectivity index (χ0v) is 12.5. The zero-order chi connectivity index (χ0) is 14.7. The fraction of sp³-hybridized carbons (Fsp3) is 0.214. The number of nitrogens with one attached hydrogen (secondary N) is 1. The van der Waals surface area contributed by atoms with Gasteiger partial charge in [0.25, 0.3) is 0 Å². The quantitative estimate of drug-likeness (QED) is 0.867. The van der Waals surface area contributed by atoms with Crippen molar-refractivity contribution in [1.29, 1.82) is 0 Å². The van der Waals surface area contributed by atoms with Crippen molar-refractivity contribution >= 4 is 21.9 Å². The molecule has 1 aromatic carbocycles. The van der Waals surface area contributed by atoms with Crippen LogP contribution in [-0.2, 0) is 4.74 Å². The molecule has 6 heteroatoms. The van der Waals surface area contributed by atoms with Crippen LogP contribution < -0.4 is 5.32 Å². The van der Waals surface area contributed by atoms with Crippen LogP contribution in [0.25, 0.3) is 0 Å². The van der Waals surface area contributed by atoms with Gasteiger partial charge in [0.05, 0.1) is 17.6 Å². The highest BCUT2D eigenvalue weighted by molar-refractivity contribution is 9.10. The zero-order valence-electron chi connectivity index (χ0n) is 10.9. The second-order valence-electron chi connectivity index (χ2n) is 4.06. The van der Waals surface area contributed by atoms with Gasteiger partial charge in [-0.1, -0.05) is 12.1 Å². The van der Waals surface area contributed by atoms with Gasteiger partial charge in [-0.25, -0.2) is 9.18 Å². The Kier molecular flexibility index (Phi) is 4.57. The van der Waals surface area contributed by atoms with E-state index in [1.807, 2.05) is 0 Å². The lowest BCUT2D eigenvalue weighted by Crippen LogP contribution is -2.18. The number of methoxy groups -OCH3 is 1. The van der Waals surface area contributed by atoms with Gasteiger partial charge in [-0.05, 0) is 46.7 Å². The minimum absolute atomic E-state index is 0.107. The fourth-order valence-electron chi connectivity index (χ4n) is 1.91. The van der Waals surface area contributed by atoms with Crippen molar-refractivity contribution in [2.45, 2.75) is 6.04 Å². The molecule has 1 unspecified atom stereocenters. The summed E-state index contributed by atoms with van der Waals surface area (Å²) in [7, 11) is 3.01. The molecule has 0 aliphatic rings. The molecule has 0 aliphatic carbocycles. The Morgan fingerprint density at radius 3 is 2.80 bits per heavy atom. The lowest BCUT2D eigenvalue weighted by Gasteiger charge is -2.16. The van der Waals surface area contributed by atoms with Crippen molar-refractivity contribution in [2.75, 3.05) is 14.2 Å². The predicted molar refractivity (Wildman–Crippen MR) is 75.1 cm³/mol. The molecule has 2 aromatic rings. The van der Waals surface area contributed by atoms with Gasteiger partial charge in [-0.15, -0.1) is 0 Å². The summed E-state index contributed by atoms with van der Waals surface area (Å²) >= 11 is 3.22. The minimum Gasteiger partial charge on any atom is -0.463 e. The summed E-state index contributed by atoms with van der Waals surface area (Å²) in [5, 5.41) is 3.03. The molecule has 2 rings (SSSR count). The first-order valence-corrected chi connectivity index (χ1v) is 6.67. The second-order valence-corrected chi connectivity index (χ2v) is 4.85. The van der Waals surface area contributed by atoms with Crippen molar-refractivity contribution in [3.63, 3.8) is 0 Å². The SMILES string of the molecule is CNC(c1ccc(C(=O)OC)o1)c1cccc(F)c1Br. The number of rotatable bonds is 4. The van der Waals surface area contributed by atoms with Gasteiger partial charge in [0.1, 0.15) is 11.6 Å². The van der Waals surface area contributed by atoms with E-state index in [-0.39, 0.29) is 17.6 Å². The van der Waals surface area contributed by atoms with Gasteiger partial charge in [0.2, 0.25) is 5.76 Å². The average Bonchev–Trinajstić information content (AvgIpc) is 2.93. The van der Waals surface area contributed by atoms with Gasteiger partial charge >= 0.3 is 5.97 Å². The number of hydrogen-bond acceptors (Lipinski definition) is 4. The number of ether oxygens (including phenoxy) is 1. The van der Waals surface area contributed by atoms with Gasteiger partial charge in [0, 0.05) is 0 Å². The largest absolute Gasteiger partial charge is 0.463 e. The van der Waals surface area contributed by atoms with Crippen LogP contribution in [0.15, 0.2) is 39.2 Å². The molecule has 106 valence electrons. The number of benzene rings is 1. The molecule has 0 radical (unpaired) electrons. The van der Waals surface area contributed by atoms with Gasteiger partial charge in [0.15, 0.2) is 0 Å². The first kappa shape index (κ1) is 14.7. The fourth-order valence-corrected chi connectivity index (χ4v) is 2.41. The Bertz CT molecular complexity index is 627. The molecule has 1 aromatic heterocycles. The highest BCUT2D eigenvalue weighted by atomic mass is 79.9. The maximum atomic E-state index is 13.6. The van der Waals surface area contributed by atoms with Crippen LogP contribution in [0.4, 0.5) is 4.39 Å². The summed E-state index contributed by atoms with van der Waals surface area (Å²) in [6.45, 7) is 0. The monoisotopic (exact) mass is 341 g/mol. The molecule has 0 bridgehead atoms. The molecule has 0 fully saturated rings. The highest BCUT2D eigenvalue weighted by Gasteiger charge is 2.21. The van der Waals surface area contributed by atoms with Crippen molar-refractivity contribution in [1.82, 2.24) is 5.32 Å². The molecule has 0 spiro atoms. The van der Waals surface area contributed by atoms with Gasteiger partial charge in [-0.3, -0.25) is 0 Å². The molecule has 4 nitrogen and oxygen atoms in total. The molecule has 0 amide bonds. The Balaban J connectivity index is 2.40. The van der Waals surface area contributed by atoms with E-state index in [0.717, 1.165) is 0 Å². The van der Waals surface area contributed by atoms with E-state index in [1.165, 1.54) is 19.2 Å². The van der Waals surface area contributed by atoms with E-state index in [9.17, 15) is 9.18 Å². The summed E-state index contributed by atoms with van der Waals surface area (Å²) in [6.07, 6.45) is 0. The molecule has 0 saturated heterocycles. The van der Waals surface area contributed by atoms with Crippen molar-refractivity contribution in [2.24, 2.45) is 0 Å². The standard InChI is InChI=1S/C14H13BrFNO3/c1-17-13(8-4-3-5-9(16)12(8)15)10-6-7-11(20-10)14(18)19-2/h3-7,13,17H,1-2H3. The van der Waals surface area contributed by atoms with Gasteiger partial charge in [-0.2, -0.15) is 0 Å². The van der Waals surface area contributed by atoms with Crippen molar-refractivity contribution < 1.29 is 18.3 Å². The minimum atomic E-state index is -0.551. The van der Waals surface area contributed by atoms with Crippen LogP contribution in [0.5, 0.6) is 0 Å². The summed E-state index contributed by atoms with van der Waals surface area (Å²) in [5.74, 6) is -0.304. The van der Waals surface area contributed by atoms with E-state index in [1.54, 1.807) is 25.2 Å². The van der Waals surface area contributed by atoms with Crippen LogP contribution in [0.3, 0.4) is 0 Å². The summed E-state index contributed by atoms with van der Waals surface area (Å²) < 4.78 is 24.0. The smallest absolute Gasteiger partial charge is 0.373 e. The summed E-state index contributed by atoms with van der Waals surface area (Å²) in [5.41, 5.74) is 0.679. The third-order valence-electron chi connectivity index (χ3n) is 2.88. The summed E-state index contributed by atoms with van der Waals surface area (Å²) in [6, 6.07) is 7.56. The molecule has 1 N–H and O–H groups in total. The topological polar surface area (TPSA) is 51.5 Å². The normalized spacial score (nSPS) is 12.2. The molecule has 1 heterocycles. The van der Waals surface area contributed by atoms with E-state index in [2.05, 4.69) is 26.0 Å². The van der Waals surface area contributed by atoms with E-state index in [4.69, 9.17) is 4.42 Å². The van der Waals surface area contributed by atoms with Crippen LogP contribution in [0, 0.1) is 5.82 Å². The van der Waals surface area contributed by atoms with Crippen LogP contribution in [-0.4, -0.2) is 20.1 Å². The van der Waals surface area contributed by atoms with Crippen molar-refractivity contribution in [3.05, 3.63) is 57.7 Å². The predicted octanol–water partition coefficient (Wildman–Crippen LogP) is 3.28. The highest BCUT2D eigenvalue weighted by Crippen LogP contribution is 2.31. The molecule has 1 atom stereocenters. The number of hydrogen-bond donors (Lipinski definition) is 1. The molecule has 0 saturated carbocycles.